The van der Waals surface area contributed by atoms with Gasteiger partial charge >= 0.3 is 6.18 Å². The first-order valence-corrected chi connectivity index (χ1v) is 6.39. The van der Waals surface area contributed by atoms with Gasteiger partial charge in [-0.1, -0.05) is 13.8 Å². The Morgan fingerprint density at radius 3 is 2.61 bits per heavy atom. The van der Waals surface area contributed by atoms with Gasteiger partial charge in [-0.2, -0.15) is 13.2 Å². The standard InChI is InChI=1S/C12H13BrF3NO/c1-6(2)10-5-17-11-8(13)3-7(12(14,15)16)4-9(11)18-10/h3-4,6,10,17H,5H2,1-2H3. The van der Waals surface area contributed by atoms with Crippen LogP contribution < -0.4 is 10.1 Å². The molecule has 1 aliphatic rings. The minimum atomic E-state index is -4.37. The zero-order valence-corrected chi connectivity index (χ0v) is 11.5. The first-order chi connectivity index (χ1) is 8.29. The number of anilines is 1. The summed E-state index contributed by atoms with van der Waals surface area (Å²) < 4.78 is 44.1. The van der Waals surface area contributed by atoms with Gasteiger partial charge in [-0.05, 0) is 34.0 Å². The van der Waals surface area contributed by atoms with Gasteiger partial charge < -0.3 is 10.1 Å². The second-order valence-electron chi connectivity index (χ2n) is 4.61. The van der Waals surface area contributed by atoms with Gasteiger partial charge in [0.2, 0.25) is 0 Å². The Bertz CT molecular complexity index is 459. The van der Waals surface area contributed by atoms with Gasteiger partial charge in [0, 0.05) is 4.47 Å². The van der Waals surface area contributed by atoms with Crippen LogP contribution in [0.25, 0.3) is 0 Å². The molecule has 1 aromatic rings. The zero-order chi connectivity index (χ0) is 13.5. The van der Waals surface area contributed by atoms with Gasteiger partial charge in [-0.15, -0.1) is 0 Å². The third-order valence-electron chi connectivity index (χ3n) is 2.88. The largest absolute Gasteiger partial charge is 0.486 e. The van der Waals surface area contributed by atoms with Crippen LogP contribution in [-0.4, -0.2) is 12.6 Å². The molecule has 6 heteroatoms. The van der Waals surface area contributed by atoms with Crippen LogP contribution in [0.5, 0.6) is 5.75 Å². The molecule has 1 aromatic carbocycles. The zero-order valence-electron chi connectivity index (χ0n) is 9.94. The number of alkyl halides is 3. The normalized spacial score (nSPS) is 19.2. The second kappa shape index (κ2) is 4.64. The van der Waals surface area contributed by atoms with Crippen molar-refractivity contribution in [3.8, 4) is 5.75 Å². The highest BCUT2D eigenvalue weighted by atomic mass is 79.9. The van der Waals surface area contributed by atoms with Crippen molar-refractivity contribution in [2.75, 3.05) is 11.9 Å². The summed E-state index contributed by atoms with van der Waals surface area (Å²) in [6.45, 7) is 4.54. The van der Waals surface area contributed by atoms with E-state index < -0.39 is 11.7 Å². The molecular formula is C12H13BrF3NO. The minimum Gasteiger partial charge on any atom is -0.486 e. The molecule has 0 fully saturated rings. The number of hydrogen-bond acceptors (Lipinski definition) is 2. The van der Waals surface area contributed by atoms with Gasteiger partial charge in [-0.3, -0.25) is 0 Å². The van der Waals surface area contributed by atoms with E-state index in [1.54, 1.807) is 0 Å². The van der Waals surface area contributed by atoms with Gasteiger partial charge in [0.25, 0.3) is 0 Å². The lowest BCUT2D eigenvalue weighted by Crippen LogP contribution is -2.35. The number of hydrogen-bond donors (Lipinski definition) is 1. The third kappa shape index (κ3) is 2.58. The smallest absolute Gasteiger partial charge is 0.416 e. The van der Waals surface area contributed by atoms with E-state index in [9.17, 15) is 13.2 Å². The second-order valence-corrected chi connectivity index (χ2v) is 5.46. The number of benzene rings is 1. The average molecular weight is 324 g/mol. The number of ether oxygens (including phenoxy) is 1. The Hall–Kier alpha value is -0.910. The van der Waals surface area contributed by atoms with E-state index in [4.69, 9.17) is 4.74 Å². The van der Waals surface area contributed by atoms with Gasteiger partial charge in [-0.25, -0.2) is 0 Å². The molecule has 0 spiro atoms. The van der Waals surface area contributed by atoms with Gasteiger partial charge in [0.05, 0.1) is 17.8 Å². The van der Waals surface area contributed by atoms with Crippen LogP contribution in [0.2, 0.25) is 0 Å². The lowest BCUT2D eigenvalue weighted by atomic mass is 10.0. The predicted molar refractivity (Wildman–Crippen MR) is 66.9 cm³/mol. The van der Waals surface area contributed by atoms with E-state index in [0.717, 1.165) is 12.1 Å². The molecule has 100 valence electrons. The molecule has 0 saturated heterocycles. The SMILES string of the molecule is CC(C)C1CNc2c(Br)cc(C(F)(F)F)cc2O1. The maximum atomic E-state index is 12.7. The first-order valence-electron chi connectivity index (χ1n) is 5.60. The quantitative estimate of drug-likeness (QED) is 0.832. The van der Waals surface area contributed by atoms with Gasteiger partial charge in [0.1, 0.15) is 11.9 Å². The van der Waals surface area contributed by atoms with Crippen LogP contribution >= 0.6 is 15.9 Å². The summed E-state index contributed by atoms with van der Waals surface area (Å²) in [5.41, 5.74) is -0.126. The van der Waals surface area contributed by atoms with Crippen molar-refractivity contribution in [3.63, 3.8) is 0 Å². The molecule has 2 nitrogen and oxygen atoms in total. The fraction of sp³-hybridized carbons (Fsp3) is 0.500. The molecule has 0 saturated carbocycles. The van der Waals surface area contributed by atoms with E-state index in [1.807, 2.05) is 13.8 Å². The maximum Gasteiger partial charge on any atom is 0.416 e. The van der Waals surface area contributed by atoms with Crippen LogP contribution in [-0.2, 0) is 6.18 Å². The Kier molecular flexibility index (Phi) is 3.49. The summed E-state index contributed by atoms with van der Waals surface area (Å²) in [4.78, 5) is 0. The van der Waals surface area contributed by atoms with Crippen molar-refractivity contribution < 1.29 is 17.9 Å². The fourth-order valence-electron chi connectivity index (χ4n) is 1.79. The summed E-state index contributed by atoms with van der Waals surface area (Å²) >= 11 is 3.14. The maximum absolute atomic E-state index is 12.7. The Labute approximate surface area is 112 Å². The molecular weight excluding hydrogens is 311 g/mol. The molecule has 0 radical (unpaired) electrons. The lowest BCUT2D eigenvalue weighted by molar-refractivity contribution is -0.137. The van der Waals surface area contributed by atoms with Crippen LogP contribution in [0.1, 0.15) is 19.4 Å². The molecule has 18 heavy (non-hydrogen) atoms. The molecule has 1 aliphatic heterocycles. The summed E-state index contributed by atoms with van der Waals surface area (Å²) in [6, 6.07) is 2.10. The van der Waals surface area contributed by atoms with E-state index in [-0.39, 0.29) is 17.8 Å². The summed E-state index contributed by atoms with van der Waals surface area (Å²) in [5.74, 6) is 0.487. The van der Waals surface area contributed by atoms with Crippen molar-refractivity contribution in [1.29, 1.82) is 0 Å². The predicted octanol–water partition coefficient (Wildman–Crippen LogP) is 4.30. The fourth-order valence-corrected chi connectivity index (χ4v) is 2.37. The van der Waals surface area contributed by atoms with E-state index in [2.05, 4.69) is 21.2 Å². The highest BCUT2D eigenvalue weighted by Gasteiger charge is 2.34. The molecule has 1 unspecified atom stereocenters. The highest BCUT2D eigenvalue weighted by molar-refractivity contribution is 9.10. The Morgan fingerprint density at radius 1 is 1.39 bits per heavy atom. The number of rotatable bonds is 1. The topological polar surface area (TPSA) is 21.3 Å². The first kappa shape index (κ1) is 13.5. The van der Waals surface area contributed by atoms with Crippen molar-refractivity contribution in [1.82, 2.24) is 0 Å². The molecule has 1 N–H and O–H groups in total. The van der Waals surface area contributed by atoms with Crippen LogP contribution in [0.4, 0.5) is 18.9 Å². The molecule has 1 heterocycles. The van der Waals surface area contributed by atoms with Crippen LogP contribution in [0.15, 0.2) is 16.6 Å². The Morgan fingerprint density at radius 2 is 2.06 bits per heavy atom. The minimum absolute atomic E-state index is 0.118. The summed E-state index contributed by atoms with van der Waals surface area (Å²) in [5, 5.41) is 3.10. The van der Waals surface area contributed by atoms with Crippen LogP contribution in [0.3, 0.4) is 0 Å². The Balaban J connectivity index is 2.40. The van der Waals surface area contributed by atoms with Crippen molar-refractivity contribution >= 4 is 21.6 Å². The number of halogens is 4. The molecule has 0 amide bonds. The third-order valence-corrected chi connectivity index (χ3v) is 3.51. The van der Waals surface area contributed by atoms with Crippen molar-refractivity contribution in [2.45, 2.75) is 26.1 Å². The molecule has 0 aliphatic carbocycles. The van der Waals surface area contributed by atoms with E-state index >= 15 is 0 Å². The van der Waals surface area contributed by atoms with Crippen molar-refractivity contribution in [2.24, 2.45) is 5.92 Å². The molecule has 1 atom stereocenters. The van der Waals surface area contributed by atoms with E-state index in [0.29, 0.717) is 16.7 Å². The van der Waals surface area contributed by atoms with Crippen molar-refractivity contribution in [3.05, 3.63) is 22.2 Å². The molecule has 0 bridgehead atoms. The number of fused-ring (bicyclic) bond motifs is 1. The summed E-state index contributed by atoms with van der Waals surface area (Å²) in [7, 11) is 0. The molecule has 2 rings (SSSR count). The summed E-state index contributed by atoms with van der Waals surface area (Å²) in [6.07, 6.45) is -4.49. The highest BCUT2D eigenvalue weighted by Crippen LogP contribution is 2.42. The lowest BCUT2D eigenvalue weighted by Gasteiger charge is -2.31. The average Bonchev–Trinajstić information content (AvgIpc) is 2.26. The van der Waals surface area contributed by atoms with Gasteiger partial charge in [0.15, 0.2) is 0 Å². The molecule has 0 aromatic heterocycles. The number of nitrogens with one attached hydrogen (secondary N) is 1. The van der Waals surface area contributed by atoms with Crippen LogP contribution in [0, 0.1) is 5.92 Å². The van der Waals surface area contributed by atoms with E-state index in [1.165, 1.54) is 0 Å². The monoisotopic (exact) mass is 323 g/mol.